The number of halogens is 1. The van der Waals surface area contributed by atoms with Crippen LogP contribution in [0.2, 0.25) is 0 Å². The maximum Gasteiger partial charge on any atom is 0.191 e. The molecule has 0 amide bonds. The van der Waals surface area contributed by atoms with Gasteiger partial charge in [0, 0.05) is 38.8 Å². The summed E-state index contributed by atoms with van der Waals surface area (Å²) in [4.78, 5) is 9.60. The number of morpholine rings is 1. The Morgan fingerprint density at radius 1 is 1.21 bits per heavy atom. The molecular weight excluding hydrogens is 465 g/mol. The predicted octanol–water partition coefficient (Wildman–Crippen LogP) is 2.40. The van der Waals surface area contributed by atoms with Crippen molar-refractivity contribution in [2.45, 2.75) is 32.9 Å². The average Bonchev–Trinajstić information content (AvgIpc) is 2.70. The molecule has 1 aliphatic heterocycles. The quantitative estimate of drug-likeness (QED) is 0.222. The minimum absolute atomic E-state index is 0. The van der Waals surface area contributed by atoms with Crippen LogP contribution in [0.4, 0.5) is 0 Å². The normalized spacial score (nSPS) is 16.5. The Kier molecular flexibility index (Phi) is 13.5. The fraction of sp³-hybridized carbons (Fsp3) is 0.667. The molecule has 1 fully saturated rings. The smallest absolute Gasteiger partial charge is 0.191 e. The van der Waals surface area contributed by atoms with Crippen LogP contribution in [0.3, 0.4) is 0 Å². The lowest BCUT2D eigenvalue weighted by Gasteiger charge is -2.26. The molecule has 0 spiro atoms. The number of guanidine groups is 1. The van der Waals surface area contributed by atoms with Gasteiger partial charge in [0.2, 0.25) is 0 Å². The Morgan fingerprint density at radius 3 is 2.61 bits per heavy atom. The van der Waals surface area contributed by atoms with Crippen LogP contribution < -0.4 is 10.6 Å². The van der Waals surface area contributed by atoms with Gasteiger partial charge in [0.1, 0.15) is 0 Å². The Balaban J connectivity index is 0.00000392. The summed E-state index contributed by atoms with van der Waals surface area (Å²) in [6, 6.07) is 11.0. The maximum absolute atomic E-state index is 5.40. The van der Waals surface area contributed by atoms with Crippen LogP contribution in [0, 0.1) is 0 Å². The number of hydrogen-bond acceptors (Lipinski definition) is 4. The molecule has 0 bridgehead atoms. The van der Waals surface area contributed by atoms with Crippen LogP contribution in [0.1, 0.15) is 25.8 Å². The Morgan fingerprint density at radius 2 is 1.93 bits per heavy atom. The fourth-order valence-electron chi connectivity index (χ4n) is 3.07. The second-order valence-corrected chi connectivity index (χ2v) is 7.20. The van der Waals surface area contributed by atoms with E-state index < -0.39 is 0 Å². The summed E-state index contributed by atoms with van der Waals surface area (Å²) >= 11 is 0. The van der Waals surface area contributed by atoms with Gasteiger partial charge >= 0.3 is 0 Å². The van der Waals surface area contributed by atoms with Crippen molar-refractivity contribution in [3.63, 3.8) is 0 Å². The first-order chi connectivity index (χ1) is 13.2. The van der Waals surface area contributed by atoms with Gasteiger partial charge in [-0.05, 0) is 39.4 Å². The first-order valence-electron chi connectivity index (χ1n) is 10.3. The largest absolute Gasteiger partial charge is 0.379 e. The first kappa shape index (κ1) is 25.1. The van der Waals surface area contributed by atoms with Gasteiger partial charge in [0.05, 0.1) is 19.8 Å². The molecule has 1 atom stereocenters. The van der Waals surface area contributed by atoms with Crippen LogP contribution in [-0.4, -0.2) is 81.3 Å². The summed E-state index contributed by atoms with van der Waals surface area (Å²) in [5, 5.41) is 6.82. The van der Waals surface area contributed by atoms with E-state index in [4.69, 9.17) is 9.73 Å². The average molecular weight is 503 g/mol. The third-order valence-corrected chi connectivity index (χ3v) is 4.93. The van der Waals surface area contributed by atoms with Crippen LogP contribution in [0.15, 0.2) is 35.3 Å². The van der Waals surface area contributed by atoms with Gasteiger partial charge in [0.25, 0.3) is 0 Å². The van der Waals surface area contributed by atoms with Gasteiger partial charge in [-0.3, -0.25) is 14.8 Å². The van der Waals surface area contributed by atoms with Crippen molar-refractivity contribution in [1.82, 2.24) is 20.4 Å². The zero-order valence-electron chi connectivity index (χ0n) is 17.7. The fourth-order valence-corrected chi connectivity index (χ4v) is 3.07. The second-order valence-electron chi connectivity index (χ2n) is 7.20. The van der Waals surface area contributed by atoms with Gasteiger partial charge in [-0.1, -0.05) is 30.3 Å². The number of hydrogen-bond donors (Lipinski definition) is 2. The molecule has 2 N–H and O–H groups in total. The van der Waals surface area contributed by atoms with E-state index in [2.05, 4.69) is 71.7 Å². The molecule has 0 radical (unpaired) electrons. The maximum atomic E-state index is 5.40. The van der Waals surface area contributed by atoms with Crippen LogP contribution in [0.5, 0.6) is 0 Å². The third-order valence-electron chi connectivity index (χ3n) is 4.93. The summed E-state index contributed by atoms with van der Waals surface area (Å²) in [5.41, 5.74) is 1.34. The predicted molar refractivity (Wildman–Crippen MR) is 129 cm³/mol. The van der Waals surface area contributed by atoms with Crippen LogP contribution in [0.25, 0.3) is 0 Å². The van der Waals surface area contributed by atoms with E-state index in [1.165, 1.54) is 5.56 Å². The number of benzene rings is 1. The van der Waals surface area contributed by atoms with Crippen LogP contribution >= 0.6 is 24.0 Å². The lowest BCUT2D eigenvalue weighted by Crippen LogP contribution is -2.41. The number of rotatable bonds is 10. The highest BCUT2D eigenvalue weighted by molar-refractivity contribution is 14.0. The van der Waals surface area contributed by atoms with E-state index >= 15 is 0 Å². The van der Waals surface area contributed by atoms with E-state index in [9.17, 15) is 0 Å². The SMILES string of the molecule is CCNC(=NCC(C)N(C)Cc1ccccc1)NCCCN1CCOCC1.I. The van der Waals surface area contributed by atoms with Crippen molar-refractivity contribution >= 4 is 29.9 Å². The van der Waals surface area contributed by atoms with E-state index in [1.54, 1.807) is 0 Å². The van der Waals surface area contributed by atoms with Gasteiger partial charge in [-0.25, -0.2) is 0 Å². The van der Waals surface area contributed by atoms with E-state index in [-0.39, 0.29) is 24.0 Å². The van der Waals surface area contributed by atoms with Gasteiger partial charge < -0.3 is 15.4 Å². The summed E-state index contributed by atoms with van der Waals surface area (Å²) in [5.74, 6) is 0.916. The summed E-state index contributed by atoms with van der Waals surface area (Å²) in [6.45, 7) is 12.8. The topological polar surface area (TPSA) is 52.1 Å². The molecule has 2 rings (SSSR count). The van der Waals surface area contributed by atoms with Crippen molar-refractivity contribution in [2.24, 2.45) is 4.99 Å². The second kappa shape index (κ2) is 15.0. The molecule has 1 aromatic rings. The number of aliphatic imine (C=N–C) groups is 1. The Labute approximate surface area is 188 Å². The molecule has 0 aliphatic carbocycles. The lowest BCUT2D eigenvalue weighted by atomic mass is 10.2. The summed E-state index contributed by atoms with van der Waals surface area (Å²) in [7, 11) is 2.16. The molecule has 28 heavy (non-hydrogen) atoms. The van der Waals surface area contributed by atoms with Gasteiger partial charge in [-0.15, -0.1) is 24.0 Å². The lowest BCUT2D eigenvalue weighted by molar-refractivity contribution is 0.0376. The highest BCUT2D eigenvalue weighted by Crippen LogP contribution is 2.06. The minimum atomic E-state index is 0. The van der Waals surface area contributed by atoms with Crippen molar-refractivity contribution in [1.29, 1.82) is 0 Å². The first-order valence-corrected chi connectivity index (χ1v) is 10.3. The molecule has 160 valence electrons. The van der Waals surface area contributed by atoms with E-state index in [1.807, 2.05) is 0 Å². The van der Waals surface area contributed by atoms with Crippen molar-refractivity contribution in [2.75, 3.05) is 59.5 Å². The van der Waals surface area contributed by atoms with Gasteiger partial charge in [0.15, 0.2) is 5.96 Å². The number of likely N-dealkylation sites (N-methyl/N-ethyl adjacent to an activating group) is 1. The molecule has 1 aromatic carbocycles. The van der Waals surface area contributed by atoms with Gasteiger partial charge in [-0.2, -0.15) is 0 Å². The molecular formula is C21H38IN5O. The zero-order valence-corrected chi connectivity index (χ0v) is 20.0. The Hall–Kier alpha value is -0.900. The van der Waals surface area contributed by atoms with Crippen LogP contribution in [-0.2, 0) is 11.3 Å². The monoisotopic (exact) mass is 503 g/mol. The highest BCUT2D eigenvalue weighted by Gasteiger charge is 2.11. The summed E-state index contributed by atoms with van der Waals surface area (Å²) in [6.07, 6.45) is 1.12. The molecule has 1 heterocycles. The van der Waals surface area contributed by atoms with Crippen molar-refractivity contribution in [3.8, 4) is 0 Å². The van der Waals surface area contributed by atoms with E-state index in [0.717, 1.165) is 71.4 Å². The molecule has 1 saturated heterocycles. The summed E-state index contributed by atoms with van der Waals surface area (Å²) < 4.78 is 5.40. The Bertz CT molecular complexity index is 537. The molecule has 0 saturated carbocycles. The van der Waals surface area contributed by atoms with E-state index in [0.29, 0.717) is 6.04 Å². The number of ether oxygens (including phenoxy) is 1. The molecule has 1 unspecified atom stereocenters. The number of nitrogens with one attached hydrogen (secondary N) is 2. The zero-order chi connectivity index (χ0) is 19.3. The molecule has 1 aliphatic rings. The standard InChI is InChI=1S/C21H37N5O.HI/c1-4-22-21(23-11-8-12-26-13-15-27-16-14-26)24-17-19(2)25(3)18-20-9-6-5-7-10-20;/h5-7,9-10,19H,4,8,11-18H2,1-3H3,(H2,22,23,24);1H. The third kappa shape index (κ3) is 10.0. The van der Waals surface area contributed by atoms with Crippen molar-refractivity contribution < 1.29 is 4.74 Å². The molecule has 6 nitrogen and oxygen atoms in total. The molecule has 7 heteroatoms. The minimum Gasteiger partial charge on any atom is -0.379 e. The number of nitrogens with zero attached hydrogens (tertiary/aromatic N) is 3. The highest BCUT2D eigenvalue weighted by atomic mass is 127. The van der Waals surface area contributed by atoms with Crippen molar-refractivity contribution in [3.05, 3.63) is 35.9 Å². The molecule has 0 aromatic heterocycles.